The van der Waals surface area contributed by atoms with Gasteiger partial charge in [0, 0.05) is 11.7 Å². The average Bonchev–Trinajstić information content (AvgIpc) is 2.93. The Bertz CT molecular complexity index is 1180. The predicted octanol–water partition coefficient (Wildman–Crippen LogP) is 4.63. The SMILES string of the molecule is Cc1ccc2occ(-c3nc4ccccn4c3NC(C)(C)C)c(=O)c2c1. The van der Waals surface area contributed by atoms with Crippen molar-refractivity contribution < 1.29 is 4.42 Å². The molecule has 0 bridgehead atoms. The van der Waals surface area contributed by atoms with Crippen molar-refractivity contribution in [1.29, 1.82) is 0 Å². The molecule has 26 heavy (non-hydrogen) atoms. The van der Waals surface area contributed by atoms with E-state index in [0.717, 1.165) is 17.0 Å². The number of imidazole rings is 1. The van der Waals surface area contributed by atoms with Crippen molar-refractivity contribution in [2.75, 3.05) is 5.32 Å². The Hall–Kier alpha value is -3.08. The number of fused-ring (bicyclic) bond motifs is 2. The third-order valence-corrected chi connectivity index (χ3v) is 4.21. The van der Waals surface area contributed by atoms with Crippen molar-refractivity contribution in [3.8, 4) is 11.3 Å². The van der Waals surface area contributed by atoms with Crippen LogP contribution in [0, 0.1) is 6.92 Å². The first kappa shape index (κ1) is 16.4. The van der Waals surface area contributed by atoms with Crippen molar-refractivity contribution in [3.05, 3.63) is 64.6 Å². The zero-order chi connectivity index (χ0) is 18.5. The first-order valence-corrected chi connectivity index (χ1v) is 8.61. The molecule has 5 nitrogen and oxygen atoms in total. The average molecular weight is 347 g/mol. The van der Waals surface area contributed by atoms with Crippen LogP contribution < -0.4 is 10.7 Å². The zero-order valence-electron chi connectivity index (χ0n) is 15.3. The molecule has 0 radical (unpaired) electrons. The molecular formula is C21H21N3O2. The van der Waals surface area contributed by atoms with E-state index in [0.29, 0.717) is 22.2 Å². The maximum absolute atomic E-state index is 13.1. The van der Waals surface area contributed by atoms with Crippen LogP contribution in [0.1, 0.15) is 26.3 Å². The minimum absolute atomic E-state index is 0.0738. The van der Waals surface area contributed by atoms with E-state index in [4.69, 9.17) is 9.40 Å². The van der Waals surface area contributed by atoms with E-state index in [-0.39, 0.29) is 11.0 Å². The highest BCUT2D eigenvalue weighted by Crippen LogP contribution is 2.30. The second-order valence-electron chi connectivity index (χ2n) is 7.59. The summed E-state index contributed by atoms with van der Waals surface area (Å²) in [7, 11) is 0. The number of pyridine rings is 1. The quantitative estimate of drug-likeness (QED) is 0.574. The van der Waals surface area contributed by atoms with E-state index in [9.17, 15) is 4.79 Å². The largest absolute Gasteiger partial charge is 0.463 e. The maximum Gasteiger partial charge on any atom is 0.202 e. The van der Waals surface area contributed by atoms with Gasteiger partial charge in [0.25, 0.3) is 0 Å². The van der Waals surface area contributed by atoms with E-state index < -0.39 is 0 Å². The lowest BCUT2D eigenvalue weighted by Crippen LogP contribution is -2.27. The number of hydrogen-bond acceptors (Lipinski definition) is 4. The number of anilines is 1. The van der Waals surface area contributed by atoms with Gasteiger partial charge in [-0.05, 0) is 52.0 Å². The number of nitrogens with one attached hydrogen (secondary N) is 1. The molecule has 0 aliphatic heterocycles. The first-order chi connectivity index (χ1) is 12.3. The number of hydrogen-bond donors (Lipinski definition) is 1. The van der Waals surface area contributed by atoms with Crippen LogP contribution in [-0.4, -0.2) is 14.9 Å². The Morgan fingerprint density at radius 3 is 2.73 bits per heavy atom. The van der Waals surface area contributed by atoms with Gasteiger partial charge in [-0.25, -0.2) is 4.98 Å². The molecule has 0 amide bonds. The first-order valence-electron chi connectivity index (χ1n) is 8.61. The highest BCUT2D eigenvalue weighted by Gasteiger charge is 2.22. The van der Waals surface area contributed by atoms with Gasteiger partial charge in [0.1, 0.15) is 29.0 Å². The summed E-state index contributed by atoms with van der Waals surface area (Å²) < 4.78 is 7.70. The molecule has 0 saturated heterocycles. The lowest BCUT2D eigenvalue weighted by Gasteiger charge is -2.22. The van der Waals surface area contributed by atoms with Crippen LogP contribution in [-0.2, 0) is 0 Å². The predicted molar refractivity (Wildman–Crippen MR) is 105 cm³/mol. The highest BCUT2D eigenvalue weighted by atomic mass is 16.3. The molecule has 4 aromatic rings. The van der Waals surface area contributed by atoms with Crippen molar-refractivity contribution in [2.24, 2.45) is 0 Å². The molecule has 0 unspecified atom stereocenters. The summed E-state index contributed by atoms with van der Waals surface area (Å²) in [6.07, 6.45) is 3.45. The fourth-order valence-electron chi connectivity index (χ4n) is 3.07. The summed E-state index contributed by atoms with van der Waals surface area (Å²) in [6, 6.07) is 11.4. The monoisotopic (exact) mass is 347 g/mol. The number of benzene rings is 1. The standard InChI is InChI=1S/C21H21N3O2/c1-13-8-9-16-14(11-13)19(25)15(12-26-16)18-20(23-21(2,3)4)24-10-6-5-7-17(24)22-18/h5-12,23H,1-4H3. The maximum atomic E-state index is 13.1. The molecular weight excluding hydrogens is 326 g/mol. The smallest absolute Gasteiger partial charge is 0.202 e. The van der Waals surface area contributed by atoms with Gasteiger partial charge in [-0.15, -0.1) is 0 Å². The van der Waals surface area contributed by atoms with Crippen LogP contribution >= 0.6 is 0 Å². The normalized spacial score (nSPS) is 12.0. The molecule has 0 saturated carbocycles. The third-order valence-electron chi connectivity index (χ3n) is 4.21. The van der Waals surface area contributed by atoms with Gasteiger partial charge in [-0.3, -0.25) is 9.20 Å². The van der Waals surface area contributed by atoms with Crippen LogP contribution in [0.5, 0.6) is 0 Å². The minimum atomic E-state index is -0.186. The van der Waals surface area contributed by atoms with E-state index in [1.165, 1.54) is 6.26 Å². The Morgan fingerprint density at radius 2 is 1.96 bits per heavy atom. The molecule has 1 N–H and O–H groups in total. The molecule has 4 rings (SSSR count). The second-order valence-corrected chi connectivity index (χ2v) is 7.59. The van der Waals surface area contributed by atoms with E-state index in [2.05, 4.69) is 26.1 Å². The van der Waals surface area contributed by atoms with Gasteiger partial charge in [0.2, 0.25) is 5.43 Å². The van der Waals surface area contributed by atoms with Gasteiger partial charge in [-0.1, -0.05) is 17.7 Å². The molecule has 0 spiro atoms. The van der Waals surface area contributed by atoms with Crippen LogP contribution in [0.15, 0.2) is 58.1 Å². The van der Waals surface area contributed by atoms with Gasteiger partial charge in [-0.2, -0.15) is 0 Å². The van der Waals surface area contributed by atoms with Gasteiger partial charge < -0.3 is 9.73 Å². The van der Waals surface area contributed by atoms with Crippen LogP contribution in [0.3, 0.4) is 0 Å². The molecule has 132 valence electrons. The van der Waals surface area contributed by atoms with E-state index in [1.54, 1.807) is 0 Å². The zero-order valence-corrected chi connectivity index (χ0v) is 15.3. The minimum Gasteiger partial charge on any atom is -0.463 e. The Balaban J connectivity index is 2.03. The molecule has 1 aromatic carbocycles. The summed E-state index contributed by atoms with van der Waals surface area (Å²) >= 11 is 0. The van der Waals surface area contributed by atoms with Crippen LogP contribution in [0.2, 0.25) is 0 Å². The highest BCUT2D eigenvalue weighted by molar-refractivity contribution is 5.85. The Labute approximate surface area is 151 Å². The van der Waals surface area contributed by atoms with Gasteiger partial charge >= 0.3 is 0 Å². The Morgan fingerprint density at radius 1 is 1.15 bits per heavy atom. The summed E-state index contributed by atoms with van der Waals surface area (Å²) in [5.41, 5.74) is 3.17. The fraction of sp³-hybridized carbons (Fsp3) is 0.238. The molecule has 0 fully saturated rings. The van der Waals surface area contributed by atoms with Gasteiger partial charge in [0.15, 0.2) is 0 Å². The molecule has 3 aromatic heterocycles. The van der Waals surface area contributed by atoms with Crippen molar-refractivity contribution >= 4 is 22.4 Å². The molecule has 0 aliphatic rings. The summed E-state index contributed by atoms with van der Waals surface area (Å²) in [5, 5.41) is 4.05. The number of rotatable bonds is 2. The van der Waals surface area contributed by atoms with Gasteiger partial charge in [0.05, 0.1) is 10.9 Å². The van der Waals surface area contributed by atoms with Crippen molar-refractivity contribution in [1.82, 2.24) is 9.38 Å². The second kappa shape index (κ2) is 5.73. The lowest BCUT2D eigenvalue weighted by molar-refractivity contribution is 0.604. The molecule has 0 aliphatic carbocycles. The van der Waals surface area contributed by atoms with Crippen LogP contribution in [0.4, 0.5) is 5.82 Å². The summed E-state index contributed by atoms with van der Waals surface area (Å²) in [4.78, 5) is 17.8. The summed E-state index contributed by atoms with van der Waals surface area (Å²) in [5.74, 6) is 0.785. The number of aromatic nitrogens is 2. The van der Waals surface area contributed by atoms with E-state index in [1.807, 2.05) is 53.9 Å². The number of aryl methyl sites for hydroxylation is 1. The molecule has 5 heteroatoms. The van der Waals surface area contributed by atoms with Crippen molar-refractivity contribution in [2.45, 2.75) is 33.2 Å². The van der Waals surface area contributed by atoms with Crippen LogP contribution in [0.25, 0.3) is 27.9 Å². The molecule has 0 atom stereocenters. The lowest BCUT2D eigenvalue weighted by atomic mass is 10.1. The van der Waals surface area contributed by atoms with E-state index >= 15 is 0 Å². The Kier molecular flexibility index (Phi) is 3.61. The topological polar surface area (TPSA) is 59.5 Å². The fourth-order valence-corrected chi connectivity index (χ4v) is 3.07. The summed E-state index contributed by atoms with van der Waals surface area (Å²) in [6.45, 7) is 8.19. The molecule has 3 heterocycles. The van der Waals surface area contributed by atoms with Crippen molar-refractivity contribution in [3.63, 3.8) is 0 Å². The third kappa shape index (κ3) is 2.75. The number of nitrogens with zero attached hydrogens (tertiary/aromatic N) is 2.